The lowest BCUT2D eigenvalue weighted by Gasteiger charge is -2.05. The number of furan rings is 1. The second-order valence-corrected chi connectivity index (χ2v) is 4.71. The summed E-state index contributed by atoms with van der Waals surface area (Å²) in [5.41, 5.74) is 3.25. The van der Waals surface area contributed by atoms with E-state index >= 15 is 0 Å². The molecule has 3 nitrogen and oxygen atoms in total. The van der Waals surface area contributed by atoms with Crippen molar-refractivity contribution < 1.29 is 9.15 Å². The van der Waals surface area contributed by atoms with E-state index in [1.54, 1.807) is 6.26 Å². The van der Waals surface area contributed by atoms with Gasteiger partial charge in [-0.15, -0.1) is 0 Å². The number of aromatic nitrogens is 1. The van der Waals surface area contributed by atoms with Gasteiger partial charge in [0, 0.05) is 23.3 Å². The molecule has 0 N–H and O–H groups in total. The molecule has 0 aliphatic carbocycles. The van der Waals surface area contributed by atoms with Crippen molar-refractivity contribution in [3.63, 3.8) is 0 Å². The SMILES string of the molecule is CCOc1ccc(CCc2cc3occc3cn2)cc1. The predicted octanol–water partition coefficient (Wildman–Crippen LogP) is 4.01. The standard InChI is InChI=1S/C17H17NO2/c1-2-19-16-7-4-13(5-8-16)3-6-15-11-17-14(12-18-15)9-10-20-17/h4-5,7-12H,2-3,6H2,1H3. The monoisotopic (exact) mass is 267 g/mol. The normalized spacial score (nSPS) is 10.8. The van der Waals surface area contributed by atoms with Gasteiger partial charge in [0.15, 0.2) is 0 Å². The minimum atomic E-state index is 0.701. The molecule has 102 valence electrons. The van der Waals surface area contributed by atoms with Gasteiger partial charge in [0.2, 0.25) is 0 Å². The first-order valence-corrected chi connectivity index (χ1v) is 6.89. The Morgan fingerprint density at radius 1 is 1.10 bits per heavy atom. The minimum absolute atomic E-state index is 0.701. The lowest BCUT2D eigenvalue weighted by Crippen LogP contribution is -1.95. The van der Waals surface area contributed by atoms with Crippen LogP contribution in [-0.2, 0) is 12.8 Å². The van der Waals surface area contributed by atoms with E-state index in [1.807, 2.05) is 37.4 Å². The van der Waals surface area contributed by atoms with Crippen LogP contribution >= 0.6 is 0 Å². The zero-order valence-electron chi connectivity index (χ0n) is 11.5. The largest absolute Gasteiger partial charge is 0.494 e. The maximum atomic E-state index is 5.44. The van der Waals surface area contributed by atoms with Crippen LogP contribution in [0.5, 0.6) is 5.75 Å². The lowest BCUT2D eigenvalue weighted by molar-refractivity contribution is 0.340. The summed E-state index contributed by atoms with van der Waals surface area (Å²) in [6.07, 6.45) is 5.44. The molecule has 20 heavy (non-hydrogen) atoms. The first kappa shape index (κ1) is 12.7. The number of aryl methyl sites for hydroxylation is 2. The van der Waals surface area contributed by atoms with E-state index in [1.165, 1.54) is 5.56 Å². The molecule has 0 saturated heterocycles. The number of hydrogen-bond acceptors (Lipinski definition) is 3. The third-order valence-corrected chi connectivity index (χ3v) is 3.30. The Bertz CT molecular complexity index is 686. The summed E-state index contributed by atoms with van der Waals surface area (Å²) >= 11 is 0. The highest BCUT2D eigenvalue weighted by molar-refractivity contribution is 5.76. The molecule has 0 aliphatic rings. The van der Waals surface area contributed by atoms with Crippen molar-refractivity contribution in [2.24, 2.45) is 0 Å². The van der Waals surface area contributed by atoms with E-state index in [0.717, 1.165) is 35.3 Å². The van der Waals surface area contributed by atoms with Gasteiger partial charge in [-0.25, -0.2) is 0 Å². The van der Waals surface area contributed by atoms with Gasteiger partial charge in [-0.2, -0.15) is 0 Å². The maximum absolute atomic E-state index is 5.44. The molecule has 0 amide bonds. The number of hydrogen-bond donors (Lipinski definition) is 0. The molecule has 0 radical (unpaired) electrons. The van der Waals surface area contributed by atoms with Crippen LogP contribution in [0.3, 0.4) is 0 Å². The number of fused-ring (bicyclic) bond motifs is 1. The van der Waals surface area contributed by atoms with E-state index in [-0.39, 0.29) is 0 Å². The highest BCUT2D eigenvalue weighted by Gasteiger charge is 2.02. The molecule has 3 aromatic rings. The fourth-order valence-corrected chi connectivity index (χ4v) is 2.22. The van der Waals surface area contributed by atoms with Gasteiger partial charge in [0.1, 0.15) is 11.3 Å². The predicted molar refractivity (Wildman–Crippen MR) is 79.0 cm³/mol. The van der Waals surface area contributed by atoms with Gasteiger partial charge in [-0.05, 0) is 43.5 Å². The maximum Gasteiger partial charge on any atom is 0.137 e. The fraction of sp³-hybridized carbons (Fsp3) is 0.235. The average molecular weight is 267 g/mol. The van der Waals surface area contributed by atoms with Crippen LogP contribution in [0.15, 0.2) is 53.3 Å². The summed E-state index contributed by atoms with van der Waals surface area (Å²) in [5.74, 6) is 0.923. The third kappa shape index (κ3) is 2.82. The van der Waals surface area contributed by atoms with Crippen molar-refractivity contribution in [3.05, 3.63) is 60.1 Å². The molecule has 2 aromatic heterocycles. The van der Waals surface area contributed by atoms with Crippen molar-refractivity contribution in [2.75, 3.05) is 6.61 Å². The van der Waals surface area contributed by atoms with E-state index in [0.29, 0.717) is 6.61 Å². The zero-order valence-corrected chi connectivity index (χ0v) is 11.5. The van der Waals surface area contributed by atoms with Crippen molar-refractivity contribution in [1.82, 2.24) is 4.98 Å². The summed E-state index contributed by atoms with van der Waals surface area (Å²) in [7, 11) is 0. The van der Waals surface area contributed by atoms with E-state index in [9.17, 15) is 0 Å². The molecule has 0 bridgehead atoms. The van der Waals surface area contributed by atoms with Gasteiger partial charge in [-0.3, -0.25) is 4.98 Å². The van der Waals surface area contributed by atoms with Crippen LogP contribution in [0.4, 0.5) is 0 Å². The number of rotatable bonds is 5. The van der Waals surface area contributed by atoms with Gasteiger partial charge >= 0.3 is 0 Å². The number of pyridine rings is 1. The molecule has 3 heteroatoms. The molecule has 0 aliphatic heterocycles. The Morgan fingerprint density at radius 3 is 2.75 bits per heavy atom. The van der Waals surface area contributed by atoms with Gasteiger partial charge < -0.3 is 9.15 Å². The molecule has 0 fully saturated rings. The highest BCUT2D eigenvalue weighted by atomic mass is 16.5. The Labute approximate surface area is 118 Å². The zero-order chi connectivity index (χ0) is 13.8. The molecule has 0 atom stereocenters. The van der Waals surface area contributed by atoms with E-state index in [2.05, 4.69) is 17.1 Å². The topological polar surface area (TPSA) is 35.3 Å². The summed E-state index contributed by atoms with van der Waals surface area (Å²) in [5, 5.41) is 1.05. The Kier molecular flexibility index (Phi) is 3.68. The van der Waals surface area contributed by atoms with Crippen LogP contribution in [0, 0.1) is 0 Å². The third-order valence-electron chi connectivity index (χ3n) is 3.30. The molecule has 3 rings (SSSR count). The van der Waals surface area contributed by atoms with Crippen LogP contribution in [0.25, 0.3) is 11.0 Å². The van der Waals surface area contributed by atoms with Crippen LogP contribution in [0.2, 0.25) is 0 Å². The molecule has 0 saturated carbocycles. The summed E-state index contributed by atoms with van der Waals surface area (Å²) < 4.78 is 10.8. The van der Waals surface area contributed by atoms with Gasteiger partial charge in [0.05, 0.1) is 12.9 Å². The smallest absolute Gasteiger partial charge is 0.137 e. The quantitative estimate of drug-likeness (QED) is 0.700. The minimum Gasteiger partial charge on any atom is -0.494 e. The van der Waals surface area contributed by atoms with Crippen molar-refractivity contribution in [3.8, 4) is 5.75 Å². The molecule has 2 heterocycles. The second kappa shape index (κ2) is 5.78. The highest BCUT2D eigenvalue weighted by Crippen LogP contribution is 2.17. The molecule has 0 unspecified atom stereocenters. The number of ether oxygens (including phenoxy) is 1. The number of nitrogens with zero attached hydrogens (tertiary/aromatic N) is 1. The van der Waals surface area contributed by atoms with Crippen molar-refractivity contribution in [2.45, 2.75) is 19.8 Å². The van der Waals surface area contributed by atoms with Crippen molar-refractivity contribution >= 4 is 11.0 Å². The fourth-order valence-electron chi connectivity index (χ4n) is 2.22. The molecular weight excluding hydrogens is 250 g/mol. The summed E-state index contributed by atoms with van der Waals surface area (Å²) in [4.78, 5) is 4.46. The first-order valence-electron chi connectivity index (χ1n) is 6.89. The van der Waals surface area contributed by atoms with E-state index in [4.69, 9.17) is 9.15 Å². The molecule has 0 spiro atoms. The second-order valence-electron chi connectivity index (χ2n) is 4.71. The van der Waals surface area contributed by atoms with E-state index < -0.39 is 0 Å². The van der Waals surface area contributed by atoms with Gasteiger partial charge in [0.25, 0.3) is 0 Å². The first-order chi connectivity index (χ1) is 9.85. The van der Waals surface area contributed by atoms with Crippen LogP contribution in [0.1, 0.15) is 18.2 Å². The number of benzene rings is 1. The van der Waals surface area contributed by atoms with Gasteiger partial charge in [-0.1, -0.05) is 12.1 Å². The summed E-state index contributed by atoms with van der Waals surface area (Å²) in [6.45, 7) is 2.69. The van der Waals surface area contributed by atoms with Crippen LogP contribution < -0.4 is 4.74 Å². The average Bonchev–Trinajstić information content (AvgIpc) is 2.94. The Morgan fingerprint density at radius 2 is 1.95 bits per heavy atom. The summed E-state index contributed by atoms with van der Waals surface area (Å²) in [6, 6.07) is 12.2. The molecular formula is C17H17NO2. The molecule has 1 aromatic carbocycles. The Balaban J connectivity index is 1.66. The van der Waals surface area contributed by atoms with Crippen molar-refractivity contribution in [1.29, 1.82) is 0 Å². The Hall–Kier alpha value is -2.29. The lowest BCUT2D eigenvalue weighted by atomic mass is 10.1. The van der Waals surface area contributed by atoms with Crippen LogP contribution in [-0.4, -0.2) is 11.6 Å².